The lowest BCUT2D eigenvalue weighted by molar-refractivity contribution is -0.114. The minimum atomic E-state index is -0.145. The van der Waals surface area contributed by atoms with Crippen LogP contribution in [0.15, 0.2) is 78.9 Å². The molecule has 0 aromatic heterocycles. The van der Waals surface area contributed by atoms with Crippen molar-refractivity contribution in [3.63, 3.8) is 0 Å². The van der Waals surface area contributed by atoms with Crippen molar-refractivity contribution in [1.29, 1.82) is 0 Å². The van der Waals surface area contributed by atoms with Gasteiger partial charge in [-0.1, -0.05) is 62.4 Å². The van der Waals surface area contributed by atoms with Gasteiger partial charge in [-0.25, -0.2) is 0 Å². The van der Waals surface area contributed by atoms with Gasteiger partial charge in [-0.2, -0.15) is 0 Å². The second kappa shape index (κ2) is 10.9. The van der Waals surface area contributed by atoms with Crippen LogP contribution < -0.4 is 20.1 Å². The van der Waals surface area contributed by atoms with Crippen LogP contribution >= 0.6 is 0 Å². The van der Waals surface area contributed by atoms with Crippen LogP contribution in [-0.4, -0.2) is 19.1 Å². The van der Waals surface area contributed by atoms with Crippen LogP contribution in [0, 0.1) is 5.92 Å². The highest BCUT2D eigenvalue weighted by Gasteiger charge is 2.08. The summed E-state index contributed by atoms with van der Waals surface area (Å²) in [6.07, 6.45) is 0. The fourth-order valence-electron chi connectivity index (χ4n) is 2.78. The number of ether oxygens (including phenoxy) is 2. The SMILES string of the molecule is CC(C)COc1ccccc1NCC(=O)Nc1cccc(OCc2ccccc2)c1. The van der Waals surface area contributed by atoms with E-state index in [0.717, 1.165) is 17.0 Å². The number of rotatable bonds is 10. The highest BCUT2D eigenvalue weighted by Crippen LogP contribution is 2.24. The van der Waals surface area contributed by atoms with Crippen LogP contribution in [0.1, 0.15) is 19.4 Å². The van der Waals surface area contributed by atoms with Crippen molar-refractivity contribution in [2.75, 3.05) is 23.8 Å². The average Bonchev–Trinajstić information content (AvgIpc) is 2.76. The molecule has 0 fully saturated rings. The van der Waals surface area contributed by atoms with Gasteiger partial charge in [0.25, 0.3) is 0 Å². The maximum atomic E-state index is 12.4. The maximum Gasteiger partial charge on any atom is 0.243 e. The van der Waals surface area contributed by atoms with E-state index in [0.29, 0.717) is 30.6 Å². The molecule has 0 unspecified atom stereocenters. The molecule has 156 valence electrons. The quantitative estimate of drug-likeness (QED) is 0.478. The van der Waals surface area contributed by atoms with E-state index in [4.69, 9.17) is 9.47 Å². The number of carbonyl (C=O) groups is 1. The number of carbonyl (C=O) groups excluding carboxylic acids is 1. The lowest BCUT2D eigenvalue weighted by atomic mass is 10.2. The fourth-order valence-corrected chi connectivity index (χ4v) is 2.78. The first kappa shape index (κ1) is 21.2. The molecular formula is C25H28N2O3. The minimum Gasteiger partial charge on any atom is -0.491 e. The summed E-state index contributed by atoms with van der Waals surface area (Å²) in [6, 6.07) is 25.0. The molecule has 3 aromatic carbocycles. The summed E-state index contributed by atoms with van der Waals surface area (Å²) < 4.78 is 11.6. The molecule has 0 saturated carbocycles. The zero-order chi connectivity index (χ0) is 21.2. The van der Waals surface area contributed by atoms with E-state index in [2.05, 4.69) is 24.5 Å². The molecule has 0 aliphatic rings. The van der Waals surface area contributed by atoms with Crippen LogP contribution in [0.4, 0.5) is 11.4 Å². The van der Waals surface area contributed by atoms with Gasteiger partial charge in [0.15, 0.2) is 0 Å². The predicted octanol–water partition coefficient (Wildman–Crippen LogP) is 5.35. The van der Waals surface area contributed by atoms with Gasteiger partial charge < -0.3 is 20.1 Å². The van der Waals surface area contributed by atoms with Crippen LogP contribution in [0.2, 0.25) is 0 Å². The fraction of sp³-hybridized carbons (Fsp3) is 0.240. The molecule has 0 bridgehead atoms. The average molecular weight is 405 g/mol. The van der Waals surface area contributed by atoms with Crippen molar-refractivity contribution in [3.8, 4) is 11.5 Å². The van der Waals surface area contributed by atoms with Crippen molar-refractivity contribution < 1.29 is 14.3 Å². The summed E-state index contributed by atoms with van der Waals surface area (Å²) in [5.74, 6) is 1.74. The van der Waals surface area contributed by atoms with E-state index in [1.54, 1.807) is 0 Å². The van der Waals surface area contributed by atoms with E-state index < -0.39 is 0 Å². The number of benzene rings is 3. The highest BCUT2D eigenvalue weighted by molar-refractivity contribution is 5.94. The number of anilines is 2. The van der Waals surface area contributed by atoms with Gasteiger partial charge in [-0.05, 0) is 35.7 Å². The normalized spacial score (nSPS) is 10.5. The first-order valence-electron chi connectivity index (χ1n) is 10.1. The molecule has 1 amide bonds. The zero-order valence-electron chi connectivity index (χ0n) is 17.4. The number of hydrogen-bond donors (Lipinski definition) is 2. The Morgan fingerprint density at radius 2 is 1.67 bits per heavy atom. The van der Waals surface area contributed by atoms with Crippen LogP contribution in [0.5, 0.6) is 11.5 Å². The first-order chi connectivity index (χ1) is 14.6. The van der Waals surface area contributed by atoms with Crippen LogP contribution in [-0.2, 0) is 11.4 Å². The standard InChI is InChI=1S/C25H28N2O3/c1-19(2)17-30-24-14-7-6-13-23(24)26-16-25(28)27-21-11-8-12-22(15-21)29-18-20-9-4-3-5-10-20/h3-15,19,26H,16-18H2,1-2H3,(H,27,28). The van der Waals surface area contributed by atoms with Crippen molar-refractivity contribution in [3.05, 3.63) is 84.4 Å². The largest absolute Gasteiger partial charge is 0.491 e. The van der Waals surface area contributed by atoms with Gasteiger partial charge in [0.1, 0.15) is 18.1 Å². The Kier molecular flexibility index (Phi) is 7.72. The Morgan fingerprint density at radius 1 is 0.900 bits per heavy atom. The highest BCUT2D eigenvalue weighted by atomic mass is 16.5. The van der Waals surface area contributed by atoms with Crippen molar-refractivity contribution in [1.82, 2.24) is 0 Å². The summed E-state index contributed by atoms with van der Waals surface area (Å²) >= 11 is 0. The Bertz CT molecular complexity index is 942. The second-order valence-electron chi connectivity index (χ2n) is 7.40. The van der Waals surface area contributed by atoms with Gasteiger partial charge in [0.2, 0.25) is 5.91 Å². The third kappa shape index (κ3) is 6.85. The molecule has 0 aliphatic heterocycles. The summed E-state index contributed by atoms with van der Waals surface area (Å²) in [5, 5.41) is 6.05. The molecule has 3 aromatic rings. The summed E-state index contributed by atoms with van der Waals surface area (Å²) in [5.41, 5.74) is 2.58. The molecule has 5 nitrogen and oxygen atoms in total. The monoisotopic (exact) mass is 404 g/mol. The smallest absolute Gasteiger partial charge is 0.243 e. The summed E-state index contributed by atoms with van der Waals surface area (Å²) in [4.78, 5) is 12.4. The lowest BCUT2D eigenvalue weighted by Gasteiger charge is -2.14. The van der Waals surface area contributed by atoms with Gasteiger partial charge in [0, 0.05) is 11.8 Å². The van der Waals surface area contributed by atoms with E-state index in [1.165, 1.54) is 0 Å². The molecule has 3 rings (SSSR count). The lowest BCUT2D eigenvalue weighted by Crippen LogP contribution is -2.22. The summed E-state index contributed by atoms with van der Waals surface area (Å²) in [7, 11) is 0. The molecule has 5 heteroatoms. The predicted molar refractivity (Wildman–Crippen MR) is 121 cm³/mol. The molecule has 0 atom stereocenters. The topological polar surface area (TPSA) is 59.6 Å². The molecule has 0 heterocycles. The molecule has 0 aliphatic carbocycles. The molecule has 2 N–H and O–H groups in total. The molecular weight excluding hydrogens is 376 g/mol. The first-order valence-corrected chi connectivity index (χ1v) is 10.1. The van der Waals surface area contributed by atoms with Crippen LogP contribution in [0.3, 0.4) is 0 Å². The van der Waals surface area contributed by atoms with E-state index in [1.807, 2.05) is 78.9 Å². The third-order valence-corrected chi connectivity index (χ3v) is 4.26. The van der Waals surface area contributed by atoms with Crippen molar-refractivity contribution in [2.24, 2.45) is 5.92 Å². The zero-order valence-corrected chi connectivity index (χ0v) is 17.4. The molecule has 30 heavy (non-hydrogen) atoms. The Hall–Kier alpha value is -3.47. The van der Waals surface area contributed by atoms with Gasteiger partial charge >= 0.3 is 0 Å². The Morgan fingerprint density at radius 3 is 2.47 bits per heavy atom. The Balaban J connectivity index is 1.52. The van der Waals surface area contributed by atoms with E-state index in [-0.39, 0.29) is 12.5 Å². The summed E-state index contributed by atoms with van der Waals surface area (Å²) in [6.45, 7) is 5.44. The minimum absolute atomic E-state index is 0.136. The number of para-hydroxylation sites is 2. The number of amides is 1. The van der Waals surface area contributed by atoms with Gasteiger partial charge in [-0.15, -0.1) is 0 Å². The number of hydrogen-bond acceptors (Lipinski definition) is 4. The third-order valence-electron chi connectivity index (χ3n) is 4.26. The second-order valence-corrected chi connectivity index (χ2v) is 7.40. The van der Waals surface area contributed by atoms with E-state index >= 15 is 0 Å². The maximum absolute atomic E-state index is 12.4. The van der Waals surface area contributed by atoms with Gasteiger partial charge in [0.05, 0.1) is 18.8 Å². The van der Waals surface area contributed by atoms with Crippen molar-refractivity contribution in [2.45, 2.75) is 20.5 Å². The molecule has 0 radical (unpaired) electrons. The Labute approximate surface area is 178 Å². The number of nitrogens with one attached hydrogen (secondary N) is 2. The van der Waals surface area contributed by atoms with Gasteiger partial charge in [-0.3, -0.25) is 4.79 Å². The molecule has 0 saturated heterocycles. The molecule has 0 spiro atoms. The van der Waals surface area contributed by atoms with E-state index in [9.17, 15) is 4.79 Å². The van der Waals surface area contributed by atoms with Crippen molar-refractivity contribution >= 4 is 17.3 Å². The van der Waals surface area contributed by atoms with Crippen LogP contribution in [0.25, 0.3) is 0 Å².